The highest BCUT2D eigenvalue weighted by molar-refractivity contribution is 5.90. The van der Waals surface area contributed by atoms with Gasteiger partial charge in [-0.25, -0.2) is 13.9 Å². The maximum absolute atomic E-state index is 14.2. The van der Waals surface area contributed by atoms with Crippen LogP contribution in [0.4, 0.5) is 4.39 Å². The molecule has 1 N–H and O–H groups in total. The van der Waals surface area contributed by atoms with E-state index < -0.39 is 17.6 Å². The third-order valence-corrected chi connectivity index (χ3v) is 5.57. The fourth-order valence-electron chi connectivity index (χ4n) is 3.99. The first-order valence-corrected chi connectivity index (χ1v) is 10.2. The minimum atomic E-state index is -1.83. The number of alkyl halides is 1. The molecule has 1 atom stereocenters. The Hall–Kier alpha value is -3.56. The third-order valence-electron chi connectivity index (χ3n) is 5.57. The van der Waals surface area contributed by atoms with Gasteiger partial charge >= 0.3 is 11.8 Å². The summed E-state index contributed by atoms with van der Waals surface area (Å²) >= 11 is 0. The number of nitrogens with zero attached hydrogens (tertiary/aromatic N) is 6. The van der Waals surface area contributed by atoms with Crippen molar-refractivity contribution in [3.8, 4) is 0 Å². The Bertz CT molecular complexity index is 1270. The van der Waals surface area contributed by atoms with Gasteiger partial charge in [-0.15, -0.1) is 10.2 Å². The van der Waals surface area contributed by atoms with Crippen molar-refractivity contribution in [3.05, 3.63) is 65.1 Å². The van der Waals surface area contributed by atoms with Crippen LogP contribution in [0.1, 0.15) is 66.0 Å². The van der Waals surface area contributed by atoms with E-state index in [9.17, 15) is 9.18 Å². The van der Waals surface area contributed by atoms with Crippen molar-refractivity contribution in [1.29, 1.82) is 0 Å². The first kappa shape index (κ1) is 19.4. The minimum absolute atomic E-state index is 0.231. The number of imidazole rings is 1. The smallest absolute Gasteiger partial charge is 0.312 e. The van der Waals surface area contributed by atoms with Crippen LogP contribution in [0.3, 0.4) is 0 Å². The number of carbonyl (C=O) groups is 1. The lowest BCUT2D eigenvalue weighted by molar-refractivity contribution is 0.0636. The number of H-pyrrole nitrogens is 1. The molecule has 4 aromatic heterocycles. The molecule has 0 radical (unpaired) electrons. The maximum Gasteiger partial charge on any atom is 0.312 e. The number of carbonyl (C=O) groups excluding carboxylic acids is 1. The van der Waals surface area contributed by atoms with Crippen molar-refractivity contribution >= 4 is 11.4 Å². The van der Waals surface area contributed by atoms with E-state index in [-0.39, 0.29) is 11.8 Å². The molecule has 0 aromatic carbocycles. The second kappa shape index (κ2) is 7.00. The molecule has 0 fully saturated rings. The molecule has 5 rings (SSSR count). The fourth-order valence-corrected chi connectivity index (χ4v) is 3.99. The second-order valence-corrected chi connectivity index (χ2v) is 8.09. The van der Waals surface area contributed by atoms with Gasteiger partial charge in [-0.05, 0) is 38.0 Å². The molecule has 0 aliphatic carbocycles. The monoisotopic (exact) mass is 423 g/mol. The number of halogens is 1. The van der Waals surface area contributed by atoms with Crippen LogP contribution >= 0.6 is 0 Å². The average molecular weight is 423 g/mol. The summed E-state index contributed by atoms with van der Waals surface area (Å²) in [6.07, 6.45) is 4.96. The highest BCUT2D eigenvalue weighted by Gasteiger charge is 2.39. The van der Waals surface area contributed by atoms with Crippen LogP contribution in [0.25, 0.3) is 5.52 Å². The van der Waals surface area contributed by atoms with Crippen LogP contribution in [-0.2, 0) is 18.5 Å². The Kier molecular flexibility index (Phi) is 4.38. The Labute approximate surface area is 177 Å². The lowest BCUT2D eigenvalue weighted by atomic mass is 9.99. The van der Waals surface area contributed by atoms with Gasteiger partial charge in [-0.1, -0.05) is 13.0 Å². The second-order valence-electron chi connectivity index (χ2n) is 8.09. The first-order valence-electron chi connectivity index (χ1n) is 10.2. The normalized spacial score (nSPS) is 16.6. The van der Waals surface area contributed by atoms with E-state index >= 15 is 0 Å². The average Bonchev–Trinajstić information content (AvgIpc) is 3.50. The van der Waals surface area contributed by atoms with Crippen molar-refractivity contribution in [2.45, 2.75) is 45.3 Å². The van der Waals surface area contributed by atoms with Gasteiger partial charge in [0.1, 0.15) is 6.04 Å². The highest BCUT2D eigenvalue weighted by Crippen LogP contribution is 2.35. The van der Waals surface area contributed by atoms with Crippen LogP contribution in [0.5, 0.6) is 0 Å². The number of rotatable bonds is 4. The molecular formula is C21H22FN7O2. The quantitative estimate of drug-likeness (QED) is 0.541. The number of pyridine rings is 1. The number of aromatic amines is 1. The summed E-state index contributed by atoms with van der Waals surface area (Å²) in [5.74, 6) is -0.956. The summed E-state index contributed by atoms with van der Waals surface area (Å²) < 4.78 is 21.4. The molecule has 0 saturated heterocycles. The highest BCUT2D eigenvalue weighted by atomic mass is 19.1. The van der Waals surface area contributed by atoms with Crippen LogP contribution in [-0.4, -0.2) is 47.1 Å². The van der Waals surface area contributed by atoms with Crippen LogP contribution in [0.15, 0.2) is 35.1 Å². The largest absolute Gasteiger partial charge is 0.413 e. The molecule has 0 saturated carbocycles. The van der Waals surface area contributed by atoms with Gasteiger partial charge in [0, 0.05) is 24.9 Å². The Balaban J connectivity index is 1.59. The number of nitrogens with one attached hydrogen (secondary N) is 1. The van der Waals surface area contributed by atoms with Gasteiger partial charge in [-0.2, -0.15) is 5.10 Å². The summed E-state index contributed by atoms with van der Waals surface area (Å²) in [4.78, 5) is 22.6. The molecule has 0 spiro atoms. The van der Waals surface area contributed by atoms with Crippen LogP contribution in [0.2, 0.25) is 0 Å². The number of hydrogen-bond acceptors (Lipinski definition) is 6. The Morgan fingerprint density at radius 3 is 2.97 bits per heavy atom. The molecule has 5 heterocycles. The molecule has 9 nitrogen and oxygen atoms in total. The molecule has 4 aromatic rings. The summed E-state index contributed by atoms with van der Waals surface area (Å²) in [7, 11) is 0. The maximum atomic E-state index is 14.2. The van der Waals surface area contributed by atoms with Gasteiger partial charge in [-0.3, -0.25) is 4.79 Å². The summed E-state index contributed by atoms with van der Waals surface area (Å²) in [6.45, 7) is 5.10. The van der Waals surface area contributed by atoms with E-state index in [0.29, 0.717) is 18.7 Å². The molecule has 0 bridgehead atoms. The lowest BCUT2D eigenvalue weighted by Gasteiger charge is -2.32. The lowest BCUT2D eigenvalue weighted by Crippen LogP contribution is -2.41. The SMILES string of the molecule is CCc1cccn2nc(C3c4nc[nH]c4CCN3C(=O)c3nnc(C(C)(C)F)o3)cc12. The first-order chi connectivity index (χ1) is 14.9. The number of hydrogen-bond donors (Lipinski definition) is 1. The van der Waals surface area contributed by atoms with Gasteiger partial charge in [0.2, 0.25) is 0 Å². The molecule has 1 unspecified atom stereocenters. The van der Waals surface area contributed by atoms with Crippen molar-refractivity contribution < 1.29 is 13.6 Å². The van der Waals surface area contributed by atoms with Gasteiger partial charge in [0.05, 0.1) is 23.2 Å². The zero-order valence-corrected chi connectivity index (χ0v) is 17.5. The number of aryl methyl sites for hydroxylation is 1. The van der Waals surface area contributed by atoms with Crippen molar-refractivity contribution in [2.24, 2.45) is 0 Å². The topological polar surface area (TPSA) is 105 Å². The van der Waals surface area contributed by atoms with Crippen LogP contribution < -0.4 is 0 Å². The molecule has 31 heavy (non-hydrogen) atoms. The number of amides is 1. The van der Waals surface area contributed by atoms with Crippen LogP contribution in [0, 0.1) is 0 Å². The zero-order valence-electron chi connectivity index (χ0n) is 17.5. The molecule has 1 aliphatic rings. The van der Waals surface area contributed by atoms with E-state index in [1.165, 1.54) is 13.8 Å². The molecule has 10 heteroatoms. The zero-order chi connectivity index (χ0) is 21.8. The Morgan fingerprint density at radius 2 is 2.23 bits per heavy atom. The standard InChI is InChI=1S/C21H22FN7O2/c1-4-12-6-5-8-29-15(12)10-14(27-29)17-16-13(23-11-24-16)7-9-28(17)19(30)18-25-26-20(31-18)21(2,3)22/h5-6,8,10-11,17H,4,7,9H2,1-3H3,(H,23,24). The summed E-state index contributed by atoms with van der Waals surface area (Å²) in [5, 5.41) is 12.2. The summed E-state index contributed by atoms with van der Waals surface area (Å²) in [6, 6.07) is 5.46. The van der Waals surface area contributed by atoms with Gasteiger partial charge < -0.3 is 14.3 Å². The van der Waals surface area contributed by atoms with Crippen molar-refractivity contribution in [1.82, 2.24) is 34.7 Å². The van der Waals surface area contributed by atoms with Crippen molar-refractivity contribution in [2.75, 3.05) is 6.54 Å². The molecule has 1 amide bonds. The molecule has 1 aliphatic heterocycles. The predicted molar refractivity (Wildman–Crippen MR) is 108 cm³/mol. The third kappa shape index (κ3) is 3.18. The van der Waals surface area contributed by atoms with E-state index in [0.717, 1.165) is 28.9 Å². The fraction of sp³-hybridized carbons (Fsp3) is 0.381. The Morgan fingerprint density at radius 1 is 1.39 bits per heavy atom. The number of fused-ring (bicyclic) bond motifs is 2. The van der Waals surface area contributed by atoms with E-state index in [2.05, 4.69) is 33.2 Å². The van der Waals surface area contributed by atoms with E-state index in [4.69, 9.17) is 9.52 Å². The minimum Gasteiger partial charge on any atom is -0.413 e. The molecule has 160 valence electrons. The molecular weight excluding hydrogens is 401 g/mol. The van der Waals surface area contributed by atoms with E-state index in [1.807, 2.05) is 22.8 Å². The van der Waals surface area contributed by atoms with E-state index in [1.54, 1.807) is 11.2 Å². The van der Waals surface area contributed by atoms with Gasteiger partial charge in [0.15, 0.2) is 5.67 Å². The summed E-state index contributed by atoms with van der Waals surface area (Å²) in [5.41, 5.74) is 2.68. The van der Waals surface area contributed by atoms with Gasteiger partial charge in [0.25, 0.3) is 5.89 Å². The van der Waals surface area contributed by atoms with Crippen molar-refractivity contribution in [3.63, 3.8) is 0 Å². The predicted octanol–water partition coefficient (Wildman–Crippen LogP) is 3.00. The number of aromatic nitrogens is 6.